The van der Waals surface area contributed by atoms with Crippen LogP contribution in [0.4, 0.5) is 5.69 Å². The van der Waals surface area contributed by atoms with Crippen molar-refractivity contribution in [2.24, 2.45) is 0 Å². The first-order valence-corrected chi connectivity index (χ1v) is 12.2. The van der Waals surface area contributed by atoms with Gasteiger partial charge in [0, 0.05) is 52.8 Å². The van der Waals surface area contributed by atoms with Gasteiger partial charge in [-0.25, -0.2) is 0 Å². The molecule has 0 atom stereocenters. The van der Waals surface area contributed by atoms with Crippen molar-refractivity contribution in [2.45, 2.75) is 42.9 Å². The molecule has 4 aromatic rings. The number of thioether (sulfide) groups is 1. The van der Waals surface area contributed by atoms with Crippen LogP contribution in [0, 0.1) is 0 Å². The van der Waals surface area contributed by atoms with E-state index >= 15 is 0 Å². The largest absolute Gasteiger partial charge is 0.322 e. The van der Waals surface area contributed by atoms with Gasteiger partial charge in [-0.1, -0.05) is 12.5 Å². The smallest absolute Gasteiger partial charge is 0.255 e. The second-order valence-corrected chi connectivity index (χ2v) is 9.16. The number of rotatable bonds is 6. The molecule has 1 amide bonds. The van der Waals surface area contributed by atoms with Gasteiger partial charge < -0.3 is 9.88 Å². The SMILES string of the molecule is O=C(Nc1ccc(-c2nnc3n2CCCCC3)cc1)c1ccc(SCc2cccnc2)cc1. The molecule has 2 aromatic heterocycles. The normalized spacial score (nSPS) is 13.2. The first-order valence-electron chi connectivity index (χ1n) is 11.2. The van der Waals surface area contributed by atoms with Crippen molar-refractivity contribution in [1.29, 1.82) is 0 Å². The summed E-state index contributed by atoms with van der Waals surface area (Å²) in [6.07, 6.45) is 8.21. The maximum absolute atomic E-state index is 12.7. The molecular formula is C26H25N5OS. The number of pyridine rings is 1. The highest BCUT2D eigenvalue weighted by molar-refractivity contribution is 7.98. The predicted octanol–water partition coefficient (Wildman–Crippen LogP) is 5.61. The Balaban J connectivity index is 1.21. The van der Waals surface area contributed by atoms with Crippen LogP contribution in [0.3, 0.4) is 0 Å². The van der Waals surface area contributed by atoms with Gasteiger partial charge in [-0.3, -0.25) is 9.78 Å². The van der Waals surface area contributed by atoms with Crippen LogP contribution in [-0.4, -0.2) is 25.7 Å². The third-order valence-electron chi connectivity index (χ3n) is 5.76. The van der Waals surface area contributed by atoms with E-state index in [1.54, 1.807) is 18.0 Å². The number of carbonyl (C=O) groups excluding carboxylic acids is 1. The molecule has 3 heterocycles. The van der Waals surface area contributed by atoms with Gasteiger partial charge in [0.25, 0.3) is 5.91 Å². The zero-order chi connectivity index (χ0) is 22.5. The van der Waals surface area contributed by atoms with E-state index in [1.807, 2.05) is 60.8 Å². The lowest BCUT2D eigenvalue weighted by Crippen LogP contribution is -2.11. The van der Waals surface area contributed by atoms with E-state index in [0.29, 0.717) is 5.56 Å². The van der Waals surface area contributed by atoms with Gasteiger partial charge in [-0.05, 0) is 73.0 Å². The fourth-order valence-corrected chi connectivity index (χ4v) is 4.79. The van der Waals surface area contributed by atoms with Crippen LogP contribution in [0.2, 0.25) is 0 Å². The Morgan fingerprint density at radius 2 is 1.82 bits per heavy atom. The number of carbonyl (C=O) groups is 1. The molecule has 7 heteroatoms. The Morgan fingerprint density at radius 1 is 0.970 bits per heavy atom. The van der Waals surface area contributed by atoms with Crippen LogP contribution >= 0.6 is 11.8 Å². The van der Waals surface area contributed by atoms with Gasteiger partial charge in [-0.2, -0.15) is 0 Å². The first kappa shape index (κ1) is 21.4. The molecule has 1 aliphatic rings. The van der Waals surface area contributed by atoms with Gasteiger partial charge >= 0.3 is 0 Å². The average Bonchev–Trinajstić information content (AvgIpc) is 3.12. The minimum atomic E-state index is -0.122. The summed E-state index contributed by atoms with van der Waals surface area (Å²) in [4.78, 5) is 18.0. The van der Waals surface area contributed by atoms with Gasteiger partial charge in [0.1, 0.15) is 5.82 Å². The van der Waals surface area contributed by atoms with Gasteiger partial charge in [0.2, 0.25) is 0 Å². The summed E-state index contributed by atoms with van der Waals surface area (Å²) >= 11 is 1.72. The van der Waals surface area contributed by atoms with Gasteiger partial charge in [0.05, 0.1) is 0 Å². The second kappa shape index (κ2) is 10.0. The van der Waals surface area contributed by atoms with E-state index in [0.717, 1.165) is 52.9 Å². The van der Waals surface area contributed by atoms with Crippen LogP contribution in [-0.2, 0) is 18.7 Å². The Morgan fingerprint density at radius 3 is 2.61 bits per heavy atom. The van der Waals surface area contributed by atoms with Crippen LogP contribution in [0.5, 0.6) is 0 Å². The van der Waals surface area contributed by atoms with E-state index in [9.17, 15) is 4.79 Å². The molecule has 33 heavy (non-hydrogen) atoms. The number of benzene rings is 2. The van der Waals surface area contributed by atoms with E-state index < -0.39 is 0 Å². The summed E-state index contributed by atoms with van der Waals surface area (Å²) in [7, 11) is 0. The lowest BCUT2D eigenvalue weighted by Gasteiger charge is -2.09. The summed E-state index contributed by atoms with van der Waals surface area (Å²) in [5.41, 5.74) is 3.58. The number of aromatic nitrogens is 4. The van der Waals surface area contributed by atoms with E-state index in [2.05, 4.69) is 31.1 Å². The monoisotopic (exact) mass is 455 g/mol. The quantitative estimate of drug-likeness (QED) is 0.383. The van der Waals surface area contributed by atoms with Crippen molar-refractivity contribution in [3.8, 4) is 11.4 Å². The molecule has 166 valence electrons. The summed E-state index contributed by atoms with van der Waals surface area (Å²) in [5.74, 6) is 2.70. The number of fused-ring (bicyclic) bond motifs is 1. The fourth-order valence-electron chi connectivity index (χ4n) is 3.96. The summed E-state index contributed by atoms with van der Waals surface area (Å²) in [6, 6.07) is 19.5. The number of nitrogens with one attached hydrogen (secondary N) is 1. The molecule has 0 saturated carbocycles. The Labute approximate surface area is 197 Å². The molecule has 5 rings (SSSR count). The molecular weight excluding hydrogens is 430 g/mol. The first-order chi connectivity index (χ1) is 16.3. The van der Waals surface area contributed by atoms with Crippen LogP contribution in [0.25, 0.3) is 11.4 Å². The zero-order valence-electron chi connectivity index (χ0n) is 18.3. The zero-order valence-corrected chi connectivity index (χ0v) is 19.1. The topological polar surface area (TPSA) is 72.7 Å². The average molecular weight is 456 g/mol. The number of aryl methyl sites for hydroxylation is 1. The van der Waals surface area contributed by atoms with Crippen molar-refractivity contribution in [3.63, 3.8) is 0 Å². The van der Waals surface area contributed by atoms with Crippen molar-refractivity contribution >= 4 is 23.4 Å². The Kier molecular flexibility index (Phi) is 6.48. The highest BCUT2D eigenvalue weighted by atomic mass is 32.2. The number of hydrogen-bond acceptors (Lipinski definition) is 5. The third kappa shape index (κ3) is 5.14. The lowest BCUT2D eigenvalue weighted by molar-refractivity contribution is 0.102. The number of hydrogen-bond donors (Lipinski definition) is 1. The molecule has 6 nitrogen and oxygen atoms in total. The third-order valence-corrected chi connectivity index (χ3v) is 6.84. The predicted molar refractivity (Wildman–Crippen MR) is 131 cm³/mol. The number of nitrogens with zero attached hydrogens (tertiary/aromatic N) is 4. The fraction of sp³-hybridized carbons (Fsp3) is 0.231. The van der Waals surface area contributed by atoms with E-state index in [4.69, 9.17) is 0 Å². The van der Waals surface area contributed by atoms with Crippen molar-refractivity contribution in [2.75, 3.05) is 5.32 Å². The molecule has 1 aliphatic heterocycles. The van der Waals surface area contributed by atoms with Crippen molar-refractivity contribution < 1.29 is 4.79 Å². The highest BCUT2D eigenvalue weighted by Crippen LogP contribution is 2.25. The molecule has 2 aromatic carbocycles. The standard InChI is InChI=1S/C26H25N5OS/c32-26(21-9-13-23(14-10-21)33-18-19-5-4-15-27-17-19)28-22-11-7-20(8-12-22)25-30-29-24-6-2-1-3-16-31(24)25/h4-5,7-15,17H,1-3,6,16,18H2,(H,28,32). The molecule has 0 radical (unpaired) electrons. The molecule has 0 spiro atoms. The van der Waals surface area contributed by atoms with E-state index in [1.165, 1.54) is 18.4 Å². The van der Waals surface area contributed by atoms with Crippen molar-refractivity contribution in [3.05, 3.63) is 90.0 Å². The van der Waals surface area contributed by atoms with Gasteiger partial charge in [0.15, 0.2) is 5.82 Å². The van der Waals surface area contributed by atoms with Crippen LogP contribution in [0.15, 0.2) is 78.0 Å². The molecule has 0 saturated heterocycles. The minimum absolute atomic E-state index is 0.122. The highest BCUT2D eigenvalue weighted by Gasteiger charge is 2.16. The second-order valence-electron chi connectivity index (χ2n) is 8.11. The van der Waals surface area contributed by atoms with Crippen LogP contribution in [0.1, 0.15) is 41.0 Å². The molecule has 0 aliphatic carbocycles. The summed E-state index contributed by atoms with van der Waals surface area (Å²) < 4.78 is 2.23. The van der Waals surface area contributed by atoms with Gasteiger partial charge in [-0.15, -0.1) is 22.0 Å². The van der Waals surface area contributed by atoms with E-state index in [-0.39, 0.29) is 5.91 Å². The molecule has 0 bridgehead atoms. The maximum atomic E-state index is 12.7. The molecule has 0 unspecified atom stereocenters. The number of amides is 1. The summed E-state index contributed by atoms with van der Waals surface area (Å²) in [6.45, 7) is 0.965. The van der Waals surface area contributed by atoms with Crippen molar-refractivity contribution in [1.82, 2.24) is 19.7 Å². The lowest BCUT2D eigenvalue weighted by atomic mass is 10.1. The molecule has 1 N–H and O–H groups in total. The molecule has 0 fully saturated rings. The number of anilines is 1. The van der Waals surface area contributed by atoms with Crippen LogP contribution < -0.4 is 5.32 Å². The minimum Gasteiger partial charge on any atom is -0.322 e. The Bertz CT molecular complexity index is 1220. The maximum Gasteiger partial charge on any atom is 0.255 e. The Hall–Kier alpha value is -3.45. The summed E-state index contributed by atoms with van der Waals surface area (Å²) in [5, 5.41) is 11.8.